The van der Waals surface area contributed by atoms with Gasteiger partial charge in [0, 0.05) is 28.8 Å². The highest BCUT2D eigenvalue weighted by Gasteiger charge is 2.45. The van der Waals surface area contributed by atoms with Crippen molar-refractivity contribution in [2.24, 2.45) is 0 Å². The number of phenols is 1. The van der Waals surface area contributed by atoms with Gasteiger partial charge in [-0.3, -0.25) is 0 Å². The maximum absolute atomic E-state index is 10.5. The van der Waals surface area contributed by atoms with E-state index in [2.05, 4.69) is 0 Å². The Morgan fingerprint density at radius 1 is 1.00 bits per heavy atom. The Hall–Kier alpha value is -3.02. The van der Waals surface area contributed by atoms with Crippen LogP contribution in [0.25, 0.3) is 6.08 Å². The summed E-state index contributed by atoms with van der Waals surface area (Å²) in [5.41, 5.74) is 2.29. The molecule has 138 valence electrons. The van der Waals surface area contributed by atoms with E-state index in [4.69, 9.17) is 23.7 Å². The highest BCUT2D eigenvalue weighted by molar-refractivity contribution is 5.73. The van der Waals surface area contributed by atoms with Gasteiger partial charge in [-0.25, -0.2) is 0 Å². The van der Waals surface area contributed by atoms with Crippen molar-refractivity contribution in [1.82, 2.24) is 0 Å². The molecule has 0 spiro atoms. The summed E-state index contributed by atoms with van der Waals surface area (Å²) in [5, 5.41) is 10.5. The summed E-state index contributed by atoms with van der Waals surface area (Å²) in [4.78, 5) is 0. The molecule has 0 aromatic heterocycles. The van der Waals surface area contributed by atoms with Crippen LogP contribution in [0.15, 0.2) is 24.3 Å². The number of rotatable bonds is 0. The lowest BCUT2D eigenvalue weighted by Crippen LogP contribution is -2.30. The molecule has 2 aromatic carbocycles. The predicted molar refractivity (Wildman–Crippen MR) is 96.0 cm³/mol. The van der Waals surface area contributed by atoms with Gasteiger partial charge in [-0.2, -0.15) is 0 Å². The summed E-state index contributed by atoms with van der Waals surface area (Å²) in [5.74, 6) is 3.45. The molecule has 0 saturated carbocycles. The largest absolute Gasteiger partial charge is 0.504 e. The zero-order valence-corrected chi connectivity index (χ0v) is 14.9. The average Bonchev–Trinajstić information content (AvgIpc) is 3.22. The average molecular weight is 366 g/mol. The van der Waals surface area contributed by atoms with E-state index >= 15 is 0 Å². The molecular weight excluding hydrogens is 348 g/mol. The van der Waals surface area contributed by atoms with E-state index < -0.39 is 5.60 Å². The zero-order valence-electron chi connectivity index (χ0n) is 14.9. The number of aromatic hydroxyl groups is 1. The maximum Gasteiger partial charge on any atom is 0.231 e. The molecule has 6 rings (SSSR count). The van der Waals surface area contributed by atoms with Crippen LogP contribution in [0, 0.1) is 0 Å². The second kappa shape index (κ2) is 4.82. The fourth-order valence-corrected chi connectivity index (χ4v) is 4.26. The van der Waals surface area contributed by atoms with Gasteiger partial charge in [-0.15, -0.1) is 0 Å². The van der Waals surface area contributed by atoms with E-state index in [0.717, 1.165) is 28.2 Å². The third kappa shape index (κ3) is 2.01. The molecule has 4 heterocycles. The molecule has 4 aliphatic heterocycles. The van der Waals surface area contributed by atoms with Gasteiger partial charge in [0.1, 0.15) is 23.2 Å². The summed E-state index contributed by atoms with van der Waals surface area (Å²) in [6, 6.07) is 5.50. The molecule has 0 saturated heterocycles. The topological polar surface area (TPSA) is 66.4 Å². The normalized spacial score (nSPS) is 24.7. The summed E-state index contributed by atoms with van der Waals surface area (Å²) in [6.45, 7) is 4.61. The Morgan fingerprint density at radius 2 is 1.81 bits per heavy atom. The van der Waals surface area contributed by atoms with Crippen molar-refractivity contribution < 1.29 is 28.8 Å². The highest BCUT2D eigenvalue weighted by atomic mass is 16.7. The monoisotopic (exact) mass is 366 g/mol. The van der Waals surface area contributed by atoms with E-state index in [0.29, 0.717) is 23.9 Å². The summed E-state index contributed by atoms with van der Waals surface area (Å²) in [6.07, 6.45) is 3.76. The van der Waals surface area contributed by atoms with E-state index in [1.165, 1.54) is 0 Å². The molecule has 2 aromatic rings. The van der Waals surface area contributed by atoms with Gasteiger partial charge in [0.2, 0.25) is 6.79 Å². The van der Waals surface area contributed by atoms with Crippen molar-refractivity contribution in [3.8, 4) is 34.5 Å². The van der Waals surface area contributed by atoms with Crippen molar-refractivity contribution in [2.45, 2.75) is 31.5 Å². The minimum atomic E-state index is -0.484. The van der Waals surface area contributed by atoms with E-state index in [9.17, 15) is 5.11 Å². The summed E-state index contributed by atoms with van der Waals surface area (Å²) < 4.78 is 29.4. The lowest BCUT2D eigenvalue weighted by atomic mass is 9.85. The molecule has 2 atom stereocenters. The minimum Gasteiger partial charge on any atom is -0.504 e. The van der Waals surface area contributed by atoms with Crippen molar-refractivity contribution in [1.29, 1.82) is 0 Å². The Labute approximate surface area is 155 Å². The van der Waals surface area contributed by atoms with Crippen LogP contribution in [0.1, 0.15) is 42.6 Å². The van der Waals surface area contributed by atoms with Gasteiger partial charge in [-0.1, -0.05) is 6.08 Å². The molecule has 0 aliphatic carbocycles. The fraction of sp³-hybridized carbons (Fsp3) is 0.333. The standard InChI is InChI=1S/C21H18O6/c1-21(2)4-3-10-18-17(6-13(22)19(10)27-21)23-8-12-11-5-15-16(25-9-24-15)7-14(11)26-20(12)18/h3-7,12,20,22H,8-9H2,1-2H3. The SMILES string of the molecule is CC1(C)C=Cc2c(c(O)cc3c2C2Oc4cc5c(cc4C2CO3)OCO5)O1. The Bertz CT molecular complexity index is 1020. The molecule has 0 fully saturated rings. The number of hydrogen-bond donors (Lipinski definition) is 1. The van der Waals surface area contributed by atoms with Gasteiger partial charge < -0.3 is 28.8 Å². The van der Waals surface area contributed by atoms with Crippen LogP contribution in [0.3, 0.4) is 0 Å². The Balaban J connectivity index is 1.50. The number of fused-ring (bicyclic) bond motifs is 8. The van der Waals surface area contributed by atoms with Crippen molar-refractivity contribution in [3.05, 3.63) is 41.0 Å². The first-order valence-electron chi connectivity index (χ1n) is 9.01. The van der Waals surface area contributed by atoms with Crippen LogP contribution < -0.4 is 23.7 Å². The molecule has 0 radical (unpaired) electrons. The summed E-state index contributed by atoms with van der Waals surface area (Å²) >= 11 is 0. The lowest BCUT2D eigenvalue weighted by molar-refractivity contribution is 0.130. The van der Waals surface area contributed by atoms with Crippen molar-refractivity contribution in [2.75, 3.05) is 13.4 Å². The minimum absolute atomic E-state index is 0.0407. The van der Waals surface area contributed by atoms with Gasteiger partial charge in [-0.05, 0) is 26.0 Å². The molecule has 27 heavy (non-hydrogen) atoms. The molecule has 6 heteroatoms. The Kier molecular flexibility index (Phi) is 2.69. The molecule has 0 bridgehead atoms. The molecule has 0 amide bonds. The lowest BCUT2D eigenvalue weighted by Gasteiger charge is -2.34. The van der Waals surface area contributed by atoms with Crippen molar-refractivity contribution in [3.63, 3.8) is 0 Å². The Morgan fingerprint density at radius 3 is 2.67 bits per heavy atom. The van der Waals surface area contributed by atoms with Crippen LogP contribution in [-0.4, -0.2) is 24.1 Å². The number of benzene rings is 2. The first-order chi connectivity index (χ1) is 13.0. The summed E-state index contributed by atoms with van der Waals surface area (Å²) in [7, 11) is 0. The van der Waals surface area contributed by atoms with E-state index in [1.54, 1.807) is 6.07 Å². The smallest absolute Gasteiger partial charge is 0.231 e. The van der Waals surface area contributed by atoms with Crippen LogP contribution >= 0.6 is 0 Å². The van der Waals surface area contributed by atoms with E-state index in [-0.39, 0.29) is 24.6 Å². The van der Waals surface area contributed by atoms with Crippen LogP contribution in [0.2, 0.25) is 0 Å². The molecule has 2 unspecified atom stereocenters. The van der Waals surface area contributed by atoms with Crippen LogP contribution in [-0.2, 0) is 0 Å². The zero-order chi connectivity index (χ0) is 18.3. The van der Waals surface area contributed by atoms with Gasteiger partial charge in [0.25, 0.3) is 0 Å². The predicted octanol–water partition coefficient (Wildman–Crippen LogP) is 3.91. The van der Waals surface area contributed by atoms with Gasteiger partial charge >= 0.3 is 0 Å². The fourth-order valence-electron chi connectivity index (χ4n) is 4.26. The van der Waals surface area contributed by atoms with E-state index in [1.807, 2.05) is 38.1 Å². The first kappa shape index (κ1) is 15.1. The molecular formula is C21H18O6. The molecule has 6 nitrogen and oxygen atoms in total. The molecule has 1 N–H and O–H groups in total. The van der Waals surface area contributed by atoms with Crippen LogP contribution in [0.4, 0.5) is 0 Å². The number of phenolic OH excluding ortho intramolecular Hbond substituents is 1. The third-order valence-corrected chi connectivity index (χ3v) is 5.54. The van der Waals surface area contributed by atoms with Crippen molar-refractivity contribution >= 4 is 6.08 Å². The maximum atomic E-state index is 10.5. The van der Waals surface area contributed by atoms with Crippen LogP contribution in [0.5, 0.6) is 34.5 Å². The number of ether oxygens (including phenoxy) is 5. The third-order valence-electron chi connectivity index (χ3n) is 5.54. The second-order valence-electron chi connectivity index (χ2n) is 7.79. The highest BCUT2D eigenvalue weighted by Crippen LogP contribution is 2.57. The molecule has 4 aliphatic rings. The van der Waals surface area contributed by atoms with Gasteiger partial charge in [0.05, 0.1) is 12.5 Å². The number of hydrogen-bond acceptors (Lipinski definition) is 6. The second-order valence-corrected chi connectivity index (χ2v) is 7.79. The quantitative estimate of drug-likeness (QED) is 0.762. The first-order valence-corrected chi connectivity index (χ1v) is 9.01. The van der Waals surface area contributed by atoms with Gasteiger partial charge in [0.15, 0.2) is 23.0 Å².